The van der Waals surface area contributed by atoms with Crippen molar-refractivity contribution in [2.45, 2.75) is 13.3 Å². The van der Waals surface area contributed by atoms with Gasteiger partial charge in [0.1, 0.15) is 0 Å². The zero-order chi connectivity index (χ0) is 13.3. The van der Waals surface area contributed by atoms with Crippen LogP contribution in [0.5, 0.6) is 0 Å². The minimum Gasteiger partial charge on any atom is -0.481 e. The van der Waals surface area contributed by atoms with E-state index in [1.54, 1.807) is 0 Å². The Morgan fingerprint density at radius 3 is 2.06 bits per heavy atom. The first-order chi connectivity index (χ1) is 7.97. The first kappa shape index (κ1) is 15.1. The third-order valence-corrected chi connectivity index (χ3v) is 1.96. The molecular weight excluding hydrogens is 222 g/mol. The van der Waals surface area contributed by atoms with Crippen LogP contribution >= 0.6 is 0 Å². The molecule has 1 atom stereocenters. The molecule has 4 N–H and O–H groups in total. The van der Waals surface area contributed by atoms with Gasteiger partial charge in [0, 0.05) is 13.5 Å². The molecule has 0 saturated carbocycles. The van der Waals surface area contributed by atoms with E-state index in [1.165, 1.54) is 0 Å². The summed E-state index contributed by atoms with van der Waals surface area (Å²) in [6.45, 7) is 1.27. The van der Waals surface area contributed by atoms with Crippen molar-refractivity contribution in [1.82, 2.24) is 0 Å². The third-order valence-electron chi connectivity index (χ3n) is 1.96. The second kappa shape index (κ2) is 8.29. The summed E-state index contributed by atoms with van der Waals surface area (Å²) in [5.74, 6) is -2.13. The monoisotopic (exact) mass is 239 g/mol. The van der Waals surface area contributed by atoms with Gasteiger partial charge in [-0.15, -0.1) is 0 Å². The fourth-order valence-electron chi connectivity index (χ4n) is 1.17. The summed E-state index contributed by atoms with van der Waals surface area (Å²) in [6.07, 6.45) is 0.507. The fraction of sp³-hybridized carbons (Fsp3) is 0.333. The van der Waals surface area contributed by atoms with Crippen molar-refractivity contribution >= 4 is 11.9 Å². The quantitative estimate of drug-likeness (QED) is 0.727. The molecule has 5 heteroatoms. The summed E-state index contributed by atoms with van der Waals surface area (Å²) in [5.41, 5.74) is 6.35. The van der Waals surface area contributed by atoms with E-state index in [-0.39, 0.29) is 6.54 Å². The first-order valence-electron chi connectivity index (χ1n) is 5.13. The summed E-state index contributed by atoms with van der Waals surface area (Å²) < 4.78 is 0. The Balaban J connectivity index is 0.000000557. The van der Waals surface area contributed by atoms with Gasteiger partial charge in [0.15, 0.2) is 0 Å². The van der Waals surface area contributed by atoms with E-state index in [0.29, 0.717) is 6.42 Å². The number of rotatable bonds is 4. The third kappa shape index (κ3) is 7.98. The highest BCUT2D eigenvalue weighted by Crippen LogP contribution is 2.07. The summed E-state index contributed by atoms with van der Waals surface area (Å²) in [5, 5.41) is 16.2. The van der Waals surface area contributed by atoms with Crippen LogP contribution in [0.25, 0.3) is 0 Å². The number of aliphatic carboxylic acids is 2. The van der Waals surface area contributed by atoms with E-state index in [2.05, 4.69) is 0 Å². The lowest BCUT2D eigenvalue weighted by atomic mass is 10.00. The Labute approximate surface area is 99.9 Å². The summed E-state index contributed by atoms with van der Waals surface area (Å²) in [6, 6.07) is 9.51. The molecule has 5 nitrogen and oxygen atoms in total. The molecule has 0 radical (unpaired) electrons. The van der Waals surface area contributed by atoms with E-state index >= 15 is 0 Å². The molecule has 0 saturated heterocycles. The van der Waals surface area contributed by atoms with Crippen molar-refractivity contribution in [2.24, 2.45) is 11.7 Å². The van der Waals surface area contributed by atoms with Crippen LogP contribution in [-0.4, -0.2) is 28.7 Å². The Bertz CT molecular complexity index is 347. The average molecular weight is 239 g/mol. The van der Waals surface area contributed by atoms with E-state index in [4.69, 9.17) is 20.7 Å². The van der Waals surface area contributed by atoms with Gasteiger partial charge in [-0.3, -0.25) is 9.59 Å². The van der Waals surface area contributed by atoms with E-state index in [1.807, 2.05) is 30.3 Å². The van der Waals surface area contributed by atoms with Crippen LogP contribution in [0.3, 0.4) is 0 Å². The van der Waals surface area contributed by atoms with Crippen LogP contribution in [0.2, 0.25) is 0 Å². The number of benzene rings is 1. The van der Waals surface area contributed by atoms with Crippen molar-refractivity contribution in [3.63, 3.8) is 0 Å². The van der Waals surface area contributed by atoms with Crippen molar-refractivity contribution in [1.29, 1.82) is 0 Å². The van der Waals surface area contributed by atoms with Crippen molar-refractivity contribution in [3.8, 4) is 0 Å². The number of hydrogen-bond donors (Lipinski definition) is 3. The van der Waals surface area contributed by atoms with E-state index in [0.717, 1.165) is 12.5 Å². The molecule has 0 aromatic heterocycles. The summed E-state index contributed by atoms with van der Waals surface area (Å²) in [4.78, 5) is 19.7. The van der Waals surface area contributed by atoms with Crippen LogP contribution < -0.4 is 5.73 Å². The molecule has 94 valence electrons. The van der Waals surface area contributed by atoms with Gasteiger partial charge in [-0.25, -0.2) is 0 Å². The second-order valence-corrected chi connectivity index (χ2v) is 3.48. The number of carbonyl (C=O) groups is 2. The molecule has 1 aromatic carbocycles. The highest BCUT2D eigenvalue weighted by Gasteiger charge is 2.15. The molecule has 1 aromatic rings. The molecule has 0 amide bonds. The molecular formula is C12H17NO4. The number of carboxylic acids is 2. The van der Waals surface area contributed by atoms with Crippen molar-refractivity contribution in [3.05, 3.63) is 35.9 Å². The molecule has 0 aliphatic heterocycles. The van der Waals surface area contributed by atoms with Gasteiger partial charge in [0.25, 0.3) is 5.97 Å². The van der Waals surface area contributed by atoms with Gasteiger partial charge < -0.3 is 15.9 Å². The van der Waals surface area contributed by atoms with Crippen LogP contribution in [0.4, 0.5) is 0 Å². The van der Waals surface area contributed by atoms with Crippen molar-refractivity contribution in [2.75, 3.05) is 6.54 Å². The summed E-state index contributed by atoms with van der Waals surface area (Å²) in [7, 11) is 0. The van der Waals surface area contributed by atoms with Gasteiger partial charge in [0.2, 0.25) is 0 Å². The van der Waals surface area contributed by atoms with E-state index < -0.39 is 17.9 Å². The van der Waals surface area contributed by atoms with Crippen LogP contribution in [0, 0.1) is 5.92 Å². The van der Waals surface area contributed by atoms with E-state index in [9.17, 15) is 4.79 Å². The summed E-state index contributed by atoms with van der Waals surface area (Å²) >= 11 is 0. The largest absolute Gasteiger partial charge is 0.481 e. The Hall–Kier alpha value is -1.88. The first-order valence-corrected chi connectivity index (χ1v) is 5.13. The van der Waals surface area contributed by atoms with Crippen LogP contribution in [0.15, 0.2) is 30.3 Å². The smallest absolute Gasteiger partial charge is 0.308 e. The zero-order valence-electron chi connectivity index (χ0n) is 9.67. The highest BCUT2D eigenvalue weighted by atomic mass is 16.4. The minimum atomic E-state index is -0.833. The molecule has 0 aliphatic rings. The maximum Gasteiger partial charge on any atom is 0.308 e. The van der Waals surface area contributed by atoms with Gasteiger partial charge in [-0.1, -0.05) is 30.3 Å². The molecule has 0 heterocycles. The molecule has 0 aliphatic carbocycles. The van der Waals surface area contributed by atoms with Gasteiger partial charge in [0.05, 0.1) is 5.92 Å². The molecule has 1 rings (SSSR count). The standard InChI is InChI=1S/C10H13NO2.C2H4O2/c11-7-9(10(12)13)6-8-4-2-1-3-5-8;1-2(3)4/h1-5,9H,6-7,11H2,(H,12,13);1H3,(H,3,4). The molecule has 17 heavy (non-hydrogen) atoms. The minimum absolute atomic E-state index is 0.185. The number of hydrogen-bond acceptors (Lipinski definition) is 3. The maximum atomic E-state index is 10.7. The molecule has 0 bridgehead atoms. The van der Waals surface area contributed by atoms with Gasteiger partial charge >= 0.3 is 5.97 Å². The van der Waals surface area contributed by atoms with Crippen LogP contribution in [-0.2, 0) is 16.0 Å². The molecule has 0 fully saturated rings. The van der Waals surface area contributed by atoms with Crippen molar-refractivity contribution < 1.29 is 19.8 Å². The topological polar surface area (TPSA) is 101 Å². The lowest BCUT2D eigenvalue weighted by molar-refractivity contribution is -0.141. The Kier molecular flexibility index (Phi) is 7.38. The SMILES string of the molecule is CC(=O)O.NCC(Cc1ccccc1)C(=O)O. The number of nitrogens with two attached hydrogens (primary N) is 1. The number of carboxylic acid groups (broad SMARTS) is 2. The zero-order valence-corrected chi connectivity index (χ0v) is 9.67. The lowest BCUT2D eigenvalue weighted by Crippen LogP contribution is -2.25. The van der Waals surface area contributed by atoms with Gasteiger partial charge in [-0.2, -0.15) is 0 Å². The van der Waals surface area contributed by atoms with Gasteiger partial charge in [-0.05, 0) is 12.0 Å². The highest BCUT2D eigenvalue weighted by molar-refractivity contribution is 5.70. The fourth-order valence-corrected chi connectivity index (χ4v) is 1.17. The Morgan fingerprint density at radius 1 is 1.24 bits per heavy atom. The normalized spacial score (nSPS) is 10.9. The maximum absolute atomic E-state index is 10.7. The average Bonchev–Trinajstić information content (AvgIpc) is 2.26. The Morgan fingerprint density at radius 2 is 1.71 bits per heavy atom. The predicted molar refractivity (Wildman–Crippen MR) is 63.6 cm³/mol. The lowest BCUT2D eigenvalue weighted by Gasteiger charge is -2.08. The second-order valence-electron chi connectivity index (χ2n) is 3.48. The molecule has 0 spiro atoms. The molecule has 1 unspecified atom stereocenters. The van der Waals surface area contributed by atoms with Crippen LogP contribution in [0.1, 0.15) is 12.5 Å². The predicted octanol–water partition coefficient (Wildman–Crippen LogP) is 0.979.